The highest BCUT2D eigenvalue weighted by Gasteiger charge is 2.18. The van der Waals surface area contributed by atoms with Crippen molar-refractivity contribution in [2.24, 2.45) is 0 Å². The van der Waals surface area contributed by atoms with Crippen molar-refractivity contribution >= 4 is 21.7 Å². The summed E-state index contributed by atoms with van der Waals surface area (Å²) in [5, 5.41) is 16.6. The van der Waals surface area contributed by atoms with Crippen LogP contribution in [0.2, 0.25) is 0 Å². The maximum atomic E-state index is 10.1. The predicted molar refractivity (Wildman–Crippen MR) is 69.1 cm³/mol. The number of ether oxygens (including phenoxy) is 1. The van der Waals surface area contributed by atoms with Gasteiger partial charge in [-0.15, -0.1) is 0 Å². The third-order valence-electron chi connectivity index (χ3n) is 2.62. The molecule has 1 aromatic heterocycles. The number of anilines is 1. The lowest BCUT2D eigenvalue weighted by atomic mass is 10.0. The van der Waals surface area contributed by atoms with Crippen LogP contribution in [0.3, 0.4) is 0 Å². The minimum Gasteiger partial charge on any atom is -0.504 e. The standard InChI is InChI=1S/C11H12BrN3O2/c1-5-7(12)3-8(17-2)10(16)9(5)6-4-14-15-11(6)13/h3-4,16H,1-2H3,(H3,13,14,15). The van der Waals surface area contributed by atoms with Crippen molar-refractivity contribution in [1.29, 1.82) is 0 Å². The van der Waals surface area contributed by atoms with Crippen LogP contribution in [0.1, 0.15) is 5.56 Å². The molecule has 5 nitrogen and oxygen atoms in total. The molecule has 1 aromatic carbocycles. The van der Waals surface area contributed by atoms with E-state index in [4.69, 9.17) is 10.5 Å². The highest BCUT2D eigenvalue weighted by atomic mass is 79.9. The summed E-state index contributed by atoms with van der Waals surface area (Å²) in [5.41, 5.74) is 7.90. The summed E-state index contributed by atoms with van der Waals surface area (Å²) in [6.45, 7) is 1.88. The van der Waals surface area contributed by atoms with Crippen LogP contribution >= 0.6 is 15.9 Å². The largest absolute Gasteiger partial charge is 0.504 e. The highest BCUT2D eigenvalue weighted by molar-refractivity contribution is 9.10. The van der Waals surface area contributed by atoms with Gasteiger partial charge in [-0.25, -0.2) is 0 Å². The fourth-order valence-electron chi connectivity index (χ4n) is 1.69. The number of H-pyrrole nitrogens is 1. The lowest BCUT2D eigenvalue weighted by Crippen LogP contribution is -1.93. The Morgan fingerprint density at radius 3 is 2.76 bits per heavy atom. The number of aromatic amines is 1. The molecule has 0 fully saturated rings. The normalized spacial score (nSPS) is 10.5. The molecule has 17 heavy (non-hydrogen) atoms. The van der Waals surface area contributed by atoms with Crippen molar-refractivity contribution in [3.63, 3.8) is 0 Å². The van der Waals surface area contributed by atoms with Gasteiger partial charge in [-0.05, 0) is 18.6 Å². The third kappa shape index (κ3) is 1.84. The van der Waals surface area contributed by atoms with E-state index in [1.807, 2.05) is 6.92 Å². The number of aromatic hydroxyl groups is 1. The van der Waals surface area contributed by atoms with Crippen molar-refractivity contribution in [1.82, 2.24) is 10.2 Å². The van der Waals surface area contributed by atoms with Crippen LogP contribution in [0.25, 0.3) is 11.1 Å². The van der Waals surface area contributed by atoms with Gasteiger partial charge in [0.05, 0.1) is 13.3 Å². The molecule has 0 aliphatic rings. The molecular weight excluding hydrogens is 286 g/mol. The molecule has 0 bridgehead atoms. The minimum absolute atomic E-state index is 0.0568. The molecule has 6 heteroatoms. The van der Waals surface area contributed by atoms with Crippen molar-refractivity contribution in [2.75, 3.05) is 12.8 Å². The van der Waals surface area contributed by atoms with Crippen LogP contribution in [0.15, 0.2) is 16.7 Å². The number of benzene rings is 1. The molecule has 0 spiro atoms. The first-order valence-electron chi connectivity index (χ1n) is 4.91. The van der Waals surface area contributed by atoms with Crippen LogP contribution < -0.4 is 10.5 Å². The quantitative estimate of drug-likeness (QED) is 0.795. The number of halogens is 1. The summed E-state index contributed by atoms with van der Waals surface area (Å²) in [4.78, 5) is 0. The van der Waals surface area contributed by atoms with E-state index in [0.29, 0.717) is 22.7 Å². The lowest BCUT2D eigenvalue weighted by molar-refractivity contribution is 0.374. The maximum Gasteiger partial charge on any atom is 0.166 e. The van der Waals surface area contributed by atoms with Crippen LogP contribution in [-0.2, 0) is 0 Å². The molecule has 4 N–H and O–H groups in total. The zero-order chi connectivity index (χ0) is 12.6. The number of hydrogen-bond donors (Lipinski definition) is 3. The SMILES string of the molecule is COc1cc(Br)c(C)c(-c2cn[nH]c2N)c1O. The Balaban J connectivity index is 2.76. The first-order valence-corrected chi connectivity index (χ1v) is 5.70. The van der Waals surface area contributed by atoms with Gasteiger partial charge in [-0.2, -0.15) is 5.10 Å². The molecule has 2 aromatic rings. The molecule has 0 saturated heterocycles. The van der Waals surface area contributed by atoms with E-state index in [-0.39, 0.29) is 5.75 Å². The number of methoxy groups -OCH3 is 1. The Morgan fingerprint density at radius 2 is 2.24 bits per heavy atom. The van der Waals surface area contributed by atoms with E-state index < -0.39 is 0 Å². The van der Waals surface area contributed by atoms with Crippen molar-refractivity contribution in [2.45, 2.75) is 6.92 Å². The van der Waals surface area contributed by atoms with E-state index in [0.717, 1.165) is 10.0 Å². The second-order valence-electron chi connectivity index (χ2n) is 3.61. The predicted octanol–water partition coefficient (Wildman–Crippen LogP) is 2.44. The van der Waals surface area contributed by atoms with Gasteiger partial charge in [0.2, 0.25) is 0 Å². The number of phenols is 1. The average molecular weight is 298 g/mol. The second kappa shape index (κ2) is 4.29. The number of rotatable bonds is 2. The molecule has 0 aliphatic heterocycles. The fourth-order valence-corrected chi connectivity index (χ4v) is 2.10. The number of nitrogens with one attached hydrogen (secondary N) is 1. The molecule has 0 unspecified atom stereocenters. The van der Waals surface area contributed by atoms with E-state index in [9.17, 15) is 5.11 Å². The second-order valence-corrected chi connectivity index (χ2v) is 4.46. The summed E-state index contributed by atoms with van der Waals surface area (Å²) in [6.07, 6.45) is 1.57. The van der Waals surface area contributed by atoms with Crippen LogP contribution in [0.4, 0.5) is 5.82 Å². The Kier molecular flexibility index (Phi) is 2.97. The summed E-state index contributed by atoms with van der Waals surface area (Å²) in [7, 11) is 1.50. The van der Waals surface area contributed by atoms with Gasteiger partial charge >= 0.3 is 0 Å². The molecule has 0 aliphatic carbocycles. The zero-order valence-electron chi connectivity index (χ0n) is 9.41. The molecule has 2 rings (SSSR count). The first-order chi connectivity index (χ1) is 8.06. The van der Waals surface area contributed by atoms with Gasteiger partial charge < -0.3 is 15.6 Å². The monoisotopic (exact) mass is 297 g/mol. The summed E-state index contributed by atoms with van der Waals surface area (Å²) in [6, 6.07) is 1.71. The highest BCUT2D eigenvalue weighted by Crippen LogP contribution is 2.44. The molecular formula is C11H12BrN3O2. The third-order valence-corrected chi connectivity index (χ3v) is 3.44. The molecule has 0 saturated carbocycles. The Morgan fingerprint density at radius 1 is 1.53 bits per heavy atom. The molecule has 1 heterocycles. The Bertz CT molecular complexity index is 566. The van der Waals surface area contributed by atoms with Gasteiger partial charge in [0.25, 0.3) is 0 Å². The number of nitrogens with zero attached hydrogens (tertiary/aromatic N) is 1. The van der Waals surface area contributed by atoms with E-state index >= 15 is 0 Å². The fraction of sp³-hybridized carbons (Fsp3) is 0.182. The number of nitrogens with two attached hydrogens (primary N) is 1. The van der Waals surface area contributed by atoms with E-state index in [1.54, 1.807) is 12.3 Å². The van der Waals surface area contributed by atoms with Gasteiger partial charge in [0.15, 0.2) is 11.5 Å². The minimum atomic E-state index is 0.0568. The van der Waals surface area contributed by atoms with Crippen LogP contribution in [-0.4, -0.2) is 22.4 Å². The van der Waals surface area contributed by atoms with Gasteiger partial charge in [-0.3, -0.25) is 5.10 Å². The Labute approximate surface area is 107 Å². The zero-order valence-corrected chi connectivity index (χ0v) is 11.0. The average Bonchev–Trinajstić information content (AvgIpc) is 2.71. The summed E-state index contributed by atoms with van der Waals surface area (Å²) < 4.78 is 5.94. The number of aromatic nitrogens is 2. The van der Waals surface area contributed by atoms with Crippen molar-refractivity contribution in [3.8, 4) is 22.6 Å². The van der Waals surface area contributed by atoms with Crippen LogP contribution in [0.5, 0.6) is 11.5 Å². The van der Waals surface area contributed by atoms with Crippen molar-refractivity contribution < 1.29 is 9.84 Å². The Hall–Kier alpha value is -1.69. The lowest BCUT2D eigenvalue weighted by Gasteiger charge is -2.13. The van der Waals surface area contributed by atoms with Gasteiger partial charge in [0, 0.05) is 15.6 Å². The molecule has 0 amide bonds. The van der Waals surface area contributed by atoms with Gasteiger partial charge in [-0.1, -0.05) is 15.9 Å². The van der Waals surface area contributed by atoms with Gasteiger partial charge in [0.1, 0.15) is 5.82 Å². The number of hydrogen-bond acceptors (Lipinski definition) is 4. The maximum absolute atomic E-state index is 10.1. The number of phenolic OH excluding ortho intramolecular Hbond substituents is 1. The first kappa shape index (κ1) is 11.8. The number of nitrogen functional groups attached to an aromatic ring is 1. The summed E-state index contributed by atoms with van der Waals surface area (Å²) in [5.74, 6) is 0.850. The summed E-state index contributed by atoms with van der Waals surface area (Å²) >= 11 is 3.42. The topological polar surface area (TPSA) is 84.2 Å². The molecule has 0 radical (unpaired) electrons. The van der Waals surface area contributed by atoms with Crippen LogP contribution in [0, 0.1) is 6.92 Å². The van der Waals surface area contributed by atoms with Crippen molar-refractivity contribution in [3.05, 3.63) is 22.3 Å². The smallest absolute Gasteiger partial charge is 0.166 e. The van der Waals surface area contributed by atoms with E-state index in [2.05, 4.69) is 26.1 Å². The van der Waals surface area contributed by atoms with E-state index in [1.165, 1.54) is 7.11 Å². The molecule has 90 valence electrons. The molecule has 0 atom stereocenters.